The summed E-state index contributed by atoms with van der Waals surface area (Å²) in [5.41, 5.74) is 0.759. The first-order valence-corrected chi connectivity index (χ1v) is 1.93. The summed E-state index contributed by atoms with van der Waals surface area (Å²) in [5, 5.41) is 5.20. The lowest BCUT2D eigenvalue weighted by Crippen LogP contribution is -2.38. The minimum atomic E-state index is 0.417. The lowest BCUT2D eigenvalue weighted by molar-refractivity contribution is -0.114. The summed E-state index contributed by atoms with van der Waals surface area (Å²) in [6.07, 6.45) is 0. The maximum atomic E-state index is 5.20. The van der Waals surface area contributed by atoms with Gasteiger partial charge in [0.05, 0.1) is 0 Å². The summed E-state index contributed by atoms with van der Waals surface area (Å²) in [6.45, 7) is 8.52. The molecule has 0 heterocycles. The highest BCUT2D eigenvalue weighted by molar-refractivity contribution is 5.95. The van der Waals surface area contributed by atoms with E-state index in [0.717, 1.165) is 5.57 Å². The van der Waals surface area contributed by atoms with Crippen molar-refractivity contribution >= 4 is 12.6 Å². The van der Waals surface area contributed by atoms with Crippen LogP contribution in [0.2, 0.25) is 0 Å². The van der Waals surface area contributed by atoms with Crippen molar-refractivity contribution < 1.29 is 5.41 Å². The standard InChI is InChI=1S/C5H8N2/c1-4(2)5(6)7-3/h6H,1,3H2,2H3/p+1. The molecule has 0 rings (SSSR count). The van der Waals surface area contributed by atoms with Crippen molar-refractivity contribution in [2.24, 2.45) is 4.99 Å². The van der Waals surface area contributed by atoms with Crippen LogP contribution in [-0.4, -0.2) is 12.6 Å². The highest BCUT2D eigenvalue weighted by Crippen LogP contribution is 1.84. The molecule has 0 aliphatic carbocycles. The van der Waals surface area contributed by atoms with Crippen molar-refractivity contribution in [1.29, 1.82) is 0 Å². The summed E-state index contributed by atoms with van der Waals surface area (Å²) in [4.78, 5) is 3.43. The maximum absolute atomic E-state index is 5.20. The topological polar surface area (TPSA) is 38.0 Å². The lowest BCUT2D eigenvalue weighted by atomic mass is 10.3. The van der Waals surface area contributed by atoms with E-state index in [2.05, 4.69) is 18.3 Å². The molecule has 2 heteroatoms. The Morgan fingerprint density at radius 1 is 1.71 bits per heavy atom. The Kier molecular flexibility index (Phi) is 1.99. The van der Waals surface area contributed by atoms with E-state index in [9.17, 15) is 0 Å². The maximum Gasteiger partial charge on any atom is 0.315 e. The molecule has 2 N–H and O–H groups in total. The van der Waals surface area contributed by atoms with Crippen molar-refractivity contribution in [3.05, 3.63) is 12.2 Å². The Balaban J connectivity index is 3.81. The summed E-state index contributed by atoms with van der Waals surface area (Å²) in [6, 6.07) is 0. The van der Waals surface area contributed by atoms with E-state index >= 15 is 0 Å². The zero-order valence-electron chi connectivity index (χ0n) is 4.44. The second-order valence-electron chi connectivity index (χ2n) is 1.32. The predicted molar refractivity (Wildman–Crippen MR) is 31.3 cm³/mol. The number of hydrogen-bond donors (Lipinski definition) is 1. The highest BCUT2D eigenvalue weighted by Gasteiger charge is 1.96. The van der Waals surface area contributed by atoms with E-state index in [1.165, 1.54) is 0 Å². The average Bonchev–Trinajstić information content (AvgIpc) is 1.65. The van der Waals surface area contributed by atoms with Crippen LogP contribution < -0.4 is 5.41 Å². The number of hydrogen-bond acceptors (Lipinski definition) is 0. The van der Waals surface area contributed by atoms with Crippen LogP contribution in [0, 0.1) is 0 Å². The Morgan fingerprint density at radius 3 is 2.14 bits per heavy atom. The molecule has 2 nitrogen and oxygen atoms in total. The second kappa shape index (κ2) is 2.29. The molecular weight excluding hydrogens is 88.1 g/mol. The van der Waals surface area contributed by atoms with Gasteiger partial charge in [0, 0.05) is 5.57 Å². The molecule has 0 bridgehead atoms. The van der Waals surface area contributed by atoms with Gasteiger partial charge in [-0.25, -0.2) is 0 Å². The first-order valence-electron chi connectivity index (χ1n) is 1.93. The zero-order valence-corrected chi connectivity index (χ0v) is 4.44. The van der Waals surface area contributed by atoms with Gasteiger partial charge >= 0.3 is 5.84 Å². The Labute approximate surface area is 43.1 Å². The lowest BCUT2D eigenvalue weighted by Gasteiger charge is -1.77. The van der Waals surface area contributed by atoms with E-state index in [1.54, 1.807) is 6.92 Å². The van der Waals surface area contributed by atoms with Gasteiger partial charge in [0.2, 0.25) is 0 Å². The molecule has 0 amide bonds. The summed E-state index contributed by atoms with van der Waals surface area (Å²) < 4.78 is 0. The van der Waals surface area contributed by atoms with Crippen molar-refractivity contribution in [2.45, 2.75) is 6.92 Å². The molecular formula is C5H9N2+. The van der Waals surface area contributed by atoms with Crippen LogP contribution in [-0.2, 0) is 0 Å². The third kappa shape index (κ3) is 1.87. The van der Waals surface area contributed by atoms with Crippen LogP contribution in [0.4, 0.5) is 0 Å². The van der Waals surface area contributed by atoms with Gasteiger partial charge in [0.25, 0.3) is 0 Å². The van der Waals surface area contributed by atoms with Gasteiger partial charge in [-0.15, -0.1) is 0 Å². The van der Waals surface area contributed by atoms with Gasteiger partial charge in [0.15, 0.2) is 0 Å². The molecule has 0 atom stereocenters. The first kappa shape index (κ1) is 6.08. The third-order valence-electron chi connectivity index (χ3n) is 0.608. The molecule has 0 radical (unpaired) electrons. The molecule has 0 saturated heterocycles. The van der Waals surface area contributed by atoms with Gasteiger partial charge < -0.3 is 0 Å². The Bertz CT molecular complexity index is 113. The molecule has 0 aliphatic rings. The van der Waals surface area contributed by atoms with Crippen LogP contribution in [0.25, 0.3) is 0 Å². The molecule has 0 fully saturated rings. The number of rotatable bonds is 1. The number of aliphatic imine (C=N–C) groups is 1. The third-order valence-corrected chi connectivity index (χ3v) is 0.608. The van der Waals surface area contributed by atoms with Gasteiger partial charge in [-0.05, 0) is 6.92 Å². The molecule has 38 valence electrons. The predicted octanol–water partition coefficient (Wildman–Crippen LogP) is -0.579. The molecule has 0 spiro atoms. The molecule has 0 saturated carbocycles. The largest absolute Gasteiger partial charge is 0.315 e. The van der Waals surface area contributed by atoms with Gasteiger partial charge in [-0.1, -0.05) is 11.6 Å². The average molecular weight is 97.1 g/mol. The van der Waals surface area contributed by atoms with Crippen molar-refractivity contribution in [2.75, 3.05) is 0 Å². The van der Waals surface area contributed by atoms with Crippen LogP contribution >= 0.6 is 0 Å². The molecule has 0 unspecified atom stereocenters. The molecule has 0 aromatic heterocycles. The fraction of sp³-hybridized carbons (Fsp3) is 0.200. The summed E-state index contributed by atoms with van der Waals surface area (Å²) >= 11 is 0. The van der Waals surface area contributed by atoms with E-state index in [4.69, 9.17) is 5.41 Å². The van der Waals surface area contributed by atoms with E-state index in [1.807, 2.05) is 0 Å². The minimum Gasteiger partial charge on any atom is -0.284 e. The second-order valence-corrected chi connectivity index (χ2v) is 1.32. The van der Waals surface area contributed by atoms with Gasteiger partial charge in [-0.3, -0.25) is 5.41 Å². The normalized spacial score (nSPS) is 7.57. The monoisotopic (exact) mass is 97.1 g/mol. The molecule has 0 aromatic carbocycles. The smallest absolute Gasteiger partial charge is 0.284 e. The highest BCUT2D eigenvalue weighted by atomic mass is 14.8. The quantitative estimate of drug-likeness (QED) is 0.336. The fourth-order valence-corrected chi connectivity index (χ4v) is 0.135. The Hall–Kier alpha value is -0.920. The van der Waals surface area contributed by atoms with Crippen LogP contribution in [0.5, 0.6) is 0 Å². The van der Waals surface area contributed by atoms with E-state index in [-0.39, 0.29) is 0 Å². The van der Waals surface area contributed by atoms with Crippen molar-refractivity contribution in [1.82, 2.24) is 0 Å². The number of amidine groups is 1. The van der Waals surface area contributed by atoms with Crippen LogP contribution in [0.15, 0.2) is 17.1 Å². The Morgan fingerprint density at radius 2 is 2.14 bits per heavy atom. The molecule has 7 heavy (non-hydrogen) atoms. The SMILES string of the molecule is C=NC(=[NH2+])C(=C)C. The first-order chi connectivity index (χ1) is 3.18. The molecule has 0 aliphatic heterocycles. The van der Waals surface area contributed by atoms with Gasteiger partial charge in [0.1, 0.15) is 6.72 Å². The van der Waals surface area contributed by atoms with Gasteiger partial charge in [-0.2, -0.15) is 0 Å². The number of nitrogens with zero attached hydrogens (tertiary/aromatic N) is 1. The summed E-state index contributed by atoms with van der Waals surface area (Å²) in [7, 11) is 0. The minimum absolute atomic E-state index is 0.417. The van der Waals surface area contributed by atoms with E-state index < -0.39 is 0 Å². The number of nitrogens with two attached hydrogens (primary N) is 1. The van der Waals surface area contributed by atoms with Crippen LogP contribution in [0.3, 0.4) is 0 Å². The fourth-order valence-electron chi connectivity index (χ4n) is 0.135. The van der Waals surface area contributed by atoms with Crippen molar-refractivity contribution in [3.63, 3.8) is 0 Å². The molecule has 0 aromatic rings. The zero-order chi connectivity index (χ0) is 5.86. The van der Waals surface area contributed by atoms with Crippen molar-refractivity contribution in [3.8, 4) is 0 Å². The van der Waals surface area contributed by atoms with Crippen LogP contribution in [0.1, 0.15) is 6.92 Å². The summed E-state index contributed by atoms with van der Waals surface area (Å²) in [5.74, 6) is 0.417. The van der Waals surface area contributed by atoms with E-state index in [0.29, 0.717) is 5.84 Å².